The van der Waals surface area contributed by atoms with Gasteiger partial charge in [0.15, 0.2) is 5.69 Å². The zero-order valence-electron chi connectivity index (χ0n) is 17.7. The minimum atomic E-state index is -1.11. The number of halogens is 1. The van der Waals surface area contributed by atoms with Gasteiger partial charge in [-0.15, -0.1) is 0 Å². The van der Waals surface area contributed by atoms with Crippen LogP contribution in [-0.4, -0.2) is 50.5 Å². The van der Waals surface area contributed by atoms with E-state index in [0.717, 1.165) is 25.7 Å². The molecule has 9 heteroatoms. The van der Waals surface area contributed by atoms with Crippen LogP contribution < -0.4 is 10.6 Å². The Balaban J connectivity index is 1.58. The van der Waals surface area contributed by atoms with Crippen molar-refractivity contribution in [3.63, 3.8) is 0 Å². The maximum absolute atomic E-state index is 13.4. The summed E-state index contributed by atoms with van der Waals surface area (Å²) in [5.74, 6) is -1.59. The van der Waals surface area contributed by atoms with Crippen molar-refractivity contribution in [2.45, 2.75) is 57.7 Å². The number of amides is 3. The zero-order chi connectivity index (χ0) is 22.2. The highest BCUT2D eigenvalue weighted by atomic mass is 19.1. The van der Waals surface area contributed by atoms with Crippen LogP contribution in [-0.2, 0) is 11.3 Å². The normalized spacial score (nSPS) is 21.1. The van der Waals surface area contributed by atoms with Crippen LogP contribution in [0.25, 0.3) is 0 Å². The van der Waals surface area contributed by atoms with Gasteiger partial charge >= 0.3 is 0 Å². The lowest BCUT2D eigenvalue weighted by Gasteiger charge is -2.43. The van der Waals surface area contributed by atoms with Gasteiger partial charge in [-0.2, -0.15) is 5.10 Å². The maximum Gasteiger partial charge on any atom is 0.276 e. The minimum Gasteiger partial charge on any atom is -0.351 e. The van der Waals surface area contributed by atoms with Crippen molar-refractivity contribution in [2.24, 2.45) is 0 Å². The molecule has 1 unspecified atom stereocenters. The average Bonchev–Trinajstić information content (AvgIpc) is 3.38. The molecule has 2 aliphatic rings. The van der Waals surface area contributed by atoms with Crippen LogP contribution >= 0.6 is 0 Å². The first-order valence-electron chi connectivity index (χ1n) is 10.6. The molecule has 4 rings (SSSR count). The number of carbonyl (C=O) groups excluding carboxylic acids is 3. The summed E-state index contributed by atoms with van der Waals surface area (Å²) in [7, 11) is 0. The molecule has 1 aromatic heterocycles. The van der Waals surface area contributed by atoms with E-state index in [1.165, 1.54) is 33.8 Å². The molecule has 2 N–H and O–H groups in total. The quantitative estimate of drug-likeness (QED) is 0.767. The summed E-state index contributed by atoms with van der Waals surface area (Å²) in [6.07, 6.45) is 4.06. The Bertz CT molecular complexity index is 1030. The summed E-state index contributed by atoms with van der Waals surface area (Å²) in [5, 5.41) is 9.95. The highest BCUT2D eigenvalue weighted by Gasteiger charge is 2.48. The third kappa shape index (κ3) is 3.92. The van der Waals surface area contributed by atoms with Gasteiger partial charge in [-0.3, -0.25) is 19.1 Å². The lowest BCUT2D eigenvalue weighted by molar-refractivity contribution is -0.133. The van der Waals surface area contributed by atoms with Crippen LogP contribution in [0.2, 0.25) is 0 Å². The molecule has 8 nitrogen and oxygen atoms in total. The van der Waals surface area contributed by atoms with E-state index in [4.69, 9.17) is 0 Å². The number of nitrogens with zero attached hydrogens (tertiary/aromatic N) is 3. The van der Waals surface area contributed by atoms with Crippen LogP contribution in [0.4, 0.5) is 10.1 Å². The molecular weight excluding hydrogens is 401 g/mol. The number of anilines is 1. The Morgan fingerprint density at radius 1 is 1.26 bits per heavy atom. The van der Waals surface area contributed by atoms with Gasteiger partial charge < -0.3 is 15.5 Å². The summed E-state index contributed by atoms with van der Waals surface area (Å²) in [6, 6.07) is 7.06. The number of fused-ring (bicyclic) bond motifs is 1. The number of aromatic nitrogens is 2. The van der Waals surface area contributed by atoms with Crippen molar-refractivity contribution in [1.29, 1.82) is 0 Å². The van der Waals surface area contributed by atoms with Gasteiger partial charge in [-0.05, 0) is 44.9 Å². The van der Waals surface area contributed by atoms with E-state index in [9.17, 15) is 18.8 Å². The molecule has 1 aliphatic heterocycles. The molecule has 0 bridgehead atoms. The maximum atomic E-state index is 13.4. The van der Waals surface area contributed by atoms with Crippen molar-refractivity contribution in [2.75, 3.05) is 11.9 Å². The monoisotopic (exact) mass is 427 g/mol. The second kappa shape index (κ2) is 8.13. The number of carbonyl (C=O) groups is 3. The Hall–Kier alpha value is -3.23. The smallest absolute Gasteiger partial charge is 0.276 e. The van der Waals surface area contributed by atoms with Crippen LogP contribution in [0, 0.1) is 5.82 Å². The molecule has 1 aliphatic carbocycles. The van der Waals surface area contributed by atoms with Crippen molar-refractivity contribution < 1.29 is 18.8 Å². The predicted molar refractivity (Wildman–Crippen MR) is 112 cm³/mol. The molecule has 31 heavy (non-hydrogen) atoms. The van der Waals surface area contributed by atoms with Gasteiger partial charge in [0.05, 0.1) is 6.54 Å². The molecule has 1 fully saturated rings. The second-order valence-electron chi connectivity index (χ2n) is 8.32. The van der Waals surface area contributed by atoms with E-state index in [0.29, 0.717) is 12.2 Å². The van der Waals surface area contributed by atoms with Crippen molar-refractivity contribution >= 4 is 23.4 Å². The fraction of sp³-hybridized carbons (Fsp3) is 0.455. The van der Waals surface area contributed by atoms with Gasteiger partial charge in [0.2, 0.25) is 5.91 Å². The van der Waals surface area contributed by atoms with Crippen molar-refractivity contribution in [3.8, 4) is 0 Å². The first kappa shape index (κ1) is 21.0. The van der Waals surface area contributed by atoms with E-state index in [1.807, 2.05) is 6.92 Å². The van der Waals surface area contributed by atoms with Gasteiger partial charge in [0.25, 0.3) is 11.8 Å². The molecule has 164 valence electrons. The number of likely N-dealkylation sites (N-methyl/N-ethyl adjacent to an activating group) is 1. The minimum absolute atomic E-state index is 0.0316. The highest BCUT2D eigenvalue weighted by Crippen LogP contribution is 2.28. The number of nitrogens with one attached hydrogen (secondary N) is 2. The molecule has 0 saturated heterocycles. The Labute approximate surface area is 179 Å². The number of benzene rings is 1. The fourth-order valence-electron chi connectivity index (χ4n) is 4.42. The van der Waals surface area contributed by atoms with Gasteiger partial charge in [0.1, 0.15) is 17.1 Å². The topological polar surface area (TPSA) is 96.3 Å². The van der Waals surface area contributed by atoms with E-state index >= 15 is 0 Å². The van der Waals surface area contributed by atoms with E-state index in [1.54, 1.807) is 13.0 Å². The Kier molecular flexibility index (Phi) is 5.51. The van der Waals surface area contributed by atoms with Gasteiger partial charge in [-0.25, -0.2) is 4.39 Å². The van der Waals surface area contributed by atoms with E-state index in [2.05, 4.69) is 15.7 Å². The second-order valence-corrected chi connectivity index (χ2v) is 8.32. The summed E-state index contributed by atoms with van der Waals surface area (Å²) in [6.45, 7) is 4.05. The molecular formula is C22H26FN5O3. The van der Waals surface area contributed by atoms with Gasteiger partial charge in [0, 0.05) is 24.3 Å². The Morgan fingerprint density at radius 2 is 2.00 bits per heavy atom. The van der Waals surface area contributed by atoms with Crippen molar-refractivity contribution in [1.82, 2.24) is 20.0 Å². The molecule has 2 heterocycles. The number of hydrogen-bond donors (Lipinski definition) is 2. The summed E-state index contributed by atoms with van der Waals surface area (Å²) in [4.78, 5) is 40.4. The van der Waals surface area contributed by atoms with Crippen LogP contribution in [0.1, 0.15) is 60.5 Å². The average molecular weight is 427 g/mol. The zero-order valence-corrected chi connectivity index (χ0v) is 17.7. The van der Waals surface area contributed by atoms with E-state index in [-0.39, 0.29) is 35.8 Å². The predicted octanol–water partition coefficient (Wildman–Crippen LogP) is 2.57. The van der Waals surface area contributed by atoms with E-state index < -0.39 is 17.3 Å². The number of rotatable bonds is 5. The first-order chi connectivity index (χ1) is 14.8. The lowest BCUT2D eigenvalue weighted by Crippen LogP contribution is -2.64. The molecule has 1 aromatic carbocycles. The van der Waals surface area contributed by atoms with Gasteiger partial charge in [-0.1, -0.05) is 18.9 Å². The SMILES string of the molecule is CCN1C(=O)c2cc(C(=O)Nc3cccc(F)c3)nn2CC1(C)C(=O)NC1CCCC1. The molecule has 3 amide bonds. The molecule has 0 spiro atoms. The van der Waals surface area contributed by atoms with Crippen LogP contribution in [0.15, 0.2) is 30.3 Å². The third-order valence-electron chi connectivity index (χ3n) is 6.11. The van der Waals surface area contributed by atoms with Crippen LogP contribution in [0.5, 0.6) is 0 Å². The Morgan fingerprint density at radius 3 is 2.68 bits per heavy atom. The largest absolute Gasteiger partial charge is 0.351 e. The third-order valence-corrected chi connectivity index (χ3v) is 6.11. The summed E-state index contributed by atoms with van der Waals surface area (Å²) >= 11 is 0. The lowest BCUT2D eigenvalue weighted by atomic mass is 9.94. The highest BCUT2D eigenvalue weighted by molar-refractivity contribution is 6.05. The number of hydrogen-bond acceptors (Lipinski definition) is 4. The fourth-order valence-corrected chi connectivity index (χ4v) is 4.42. The molecule has 0 radical (unpaired) electrons. The van der Waals surface area contributed by atoms with Crippen LogP contribution in [0.3, 0.4) is 0 Å². The molecule has 1 atom stereocenters. The molecule has 2 aromatic rings. The summed E-state index contributed by atoms with van der Waals surface area (Å²) < 4.78 is 14.8. The standard InChI is InChI=1S/C22H26FN5O3/c1-3-27-20(30)18-12-17(19(29)24-16-10-6-7-14(23)11-16)26-28(18)13-22(27,2)21(31)25-15-8-4-5-9-15/h6-7,10-12,15H,3-5,8-9,13H2,1-2H3,(H,24,29)(H,25,31). The molecule has 1 saturated carbocycles. The van der Waals surface area contributed by atoms with Crippen molar-refractivity contribution in [3.05, 3.63) is 47.5 Å². The summed E-state index contributed by atoms with van der Waals surface area (Å²) in [5.41, 5.74) is -0.538. The first-order valence-corrected chi connectivity index (χ1v) is 10.6.